The SMILES string of the molecule is Cc1ccc(C)c(CSc2nnc([C@H](Cc3ccccc3)NC(=O)OC(C)(C)C)o2)c1. The first-order chi connectivity index (χ1) is 14.7. The van der Waals surface area contributed by atoms with Crippen LogP contribution >= 0.6 is 11.8 Å². The van der Waals surface area contributed by atoms with Gasteiger partial charge in [-0.3, -0.25) is 0 Å². The number of aryl methyl sites for hydroxylation is 2. The molecule has 31 heavy (non-hydrogen) atoms. The predicted molar refractivity (Wildman–Crippen MR) is 122 cm³/mol. The molecule has 0 fully saturated rings. The molecule has 3 rings (SSSR count). The van der Waals surface area contributed by atoms with Crippen molar-refractivity contribution in [1.82, 2.24) is 15.5 Å². The minimum absolute atomic E-state index is 0.359. The number of nitrogens with zero attached hydrogens (tertiary/aromatic N) is 2. The summed E-state index contributed by atoms with van der Waals surface area (Å²) in [4.78, 5) is 12.4. The van der Waals surface area contributed by atoms with Crippen LogP contribution in [0, 0.1) is 13.8 Å². The van der Waals surface area contributed by atoms with E-state index in [0.29, 0.717) is 17.5 Å². The molecule has 3 aromatic rings. The average Bonchev–Trinajstić information content (AvgIpc) is 3.16. The van der Waals surface area contributed by atoms with Gasteiger partial charge in [0.1, 0.15) is 11.6 Å². The van der Waals surface area contributed by atoms with Crippen molar-refractivity contribution in [3.8, 4) is 0 Å². The van der Waals surface area contributed by atoms with Crippen LogP contribution in [-0.2, 0) is 16.9 Å². The topological polar surface area (TPSA) is 77.2 Å². The van der Waals surface area contributed by atoms with Gasteiger partial charge in [0.05, 0.1) is 0 Å². The van der Waals surface area contributed by atoms with Gasteiger partial charge in [-0.1, -0.05) is 65.9 Å². The minimum atomic E-state index is -0.594. The van der Waals surface area contributed by atoms with E-state index in [4.69, 9.17) is 9.15 Å². The number of hydrogen-bond acceptors (Lipinski definition) is 6. The predicted octanol–water partition coefficient (Wildman–Crippen LogP) is 5.79. The summed E-state index contributed by atoms with van der Waals surface area (Å²) in [5.41, 5.74) is 4.13. The van der Waals surface area contributed by atoms with Crippen LogP contribution in [0.15, 0.2) is 58.2 Å². The Balaban J connectivity index is 1.73. The first-order valence-electron chi connectivity index (χ1n) is 10.3. The number of nitrogens with one attached hydrogen (secondary N) is 1. The summed E-state index contributed by atoms with van der Waals surface area (Å²) >= 11 is 1.49. The second-order valence-corrected chi connectivity index (χ2v) is 9.44. The number of carbonyl (C=O) groups is 1. The highest BCUT2D eigenvalue weighted by atomic mass is 32.2. The molecule has 0 radical (unpaired) electrons. The van der Waals surface area contributed by atoms with Gasteiger partial charge in [-0.05, 0) is 51.3 Å². The van der Waals surface area contributed by atoms with Crippen molar-refractivity contribution >= 4 is 17.9 Å². The number of ether oxygens (including phenoxy) is 1. The summed E-state index contributed by atoms with van der Waals surface area (Å²) in [6, 6.07) is 15.8. The van der Waals surface area contributed by atoms with Gasteiger partial charge in [-0.25, -0.2) is 4.79 Å². The van der Waals surface area contributed by atoms with Gasteiger partial charge in [-0.15, -0.1) is 10.2 Å². The van der Waals surface area contributed by atoms with E-state index in [1.165, 1.54) is 28.5 Å². The van der Waals surface area contributed by atoms with Gasteiger partial charge in [0.15, 0.2) is 0 Å². The maximum Gasteiger partial charge on any atom is 0.408 e. The Morgan fingerprint density at radius 1 is 1.13 bits per heavy atom. The zero-order valence-corrected chi connectivity index (χ0v) is 19.5. The molecule has 1 amide bonds. The molecule has 0 aliphatic rings. The van der Waals surface area contributed by atoms with E-state index in [9.17, 15) is 4.79 Å². The summed E-state index contributed by atoms with van der Waals surface area (Å²) in [7, 11) is 0. The van der Waals surface area contributed by atoms with Crippen LogP contribution in [0.2, 0.25) is 0 Å². The highest BCUT2D eigenvalue weighted by molar-refractivity contribution is 7.98. The van der Waals surface area contributed by atoms with Crippen molar-refractivity contribution in [2.45, 2.75) is 63.7 Å². The molecule has 0 saturated carbocycles. The normalized spacial score (nSPS) is 12.4. The fourth-order valence-corrected chi connectivity index (χ4v) is 3.85. The third-order valence-corrected chi connectivity index (χ3v) is 5.42. The lowest BCUT2D eigenvalue weighted by molar-refractivity contribution is 0.0494. The Kier molecular flexibility index (Phi) is 7.38. The molecular weight excluding hydrogens is 410 g/mol. The van der Waals surface area contributed by atoms with E-state index >= 15 is 0 Å². The molecule has 0 aliphatic carbocycles. The van der Waals surface area contributed by atoms with Crippen molar-refractivity contribution in [3.05, 3.63) is 76.7 Å². The van der Waals surface area contributed by atoms with Crippen molar-refractivity contribution in [3.63, 3.8) is 0 Å². The van der Waals surface area contributed by atoms with E-state index in [-0.39, 0.29) is 0 Å². The molecule has 1 heterocycles. The molecular formula is C24H29N3O3S. The fraction of sp³-hybridized carbons (Fsp3) is 0.375. The number of thioether (sulfide) groups is 1. The average molecular weight is 440 g/mol. The van der Waals surface area contributed by atoms with Crippen LogP contribution in [0.4, 0.5) is 4.79 Å². The lowest BCUT2D eigenvalue weighted by Gasteiger charge is -2.22. The number of hydrogen-bond donors (Lipinski definition) is 1. The van der Waals surface area contributed by atoms with Crippen LogP contribution < -0.4 is 5.32 Å². The van der Waals surface area contributed by atoms with E-state index in [2.05, 4.69) is 47.6 Å². The second kappa shape index (κ2) is 10.0. The van der Waals surface area contributed by atoms with Crippen LogP contribution in [0.25, 0.3) is 0 Å². The summed E-state index contributed by atoms with van der Waals surface area (Å²) in [5, 5.41) is 11.7. The third kappa shape index (κ3) is 7.14. The Hall–Kier alpha value is -2.80. The van der Waals surface area contributed by atoms with Gasteiger partial charge in [-0.2, -0.15) is 0 Å². The molecule has 1 N–H and O–H groups in total. The molecule has 164 valence electrons. The molecule has 2 aromatic carbocycles. The summed E-state index contributed by atoms with van der Waals surface area (Å²) < 4.78 is 11.3. The monoisotopic (exact) mass is 439 g/mol. The number of benzene rings is 2. The highest BCUT2D eigenvalue weighted by Gasteiger charge is 2.25. The zero-order valence-electron chi connectivity index (χ0n) is 18.6. The number of rotatable bonds is 7. The van der Waals surface area contributed by atoms with E-state index < -0.39 is 17.7 Å². The van der Waals surface area contributed by atoms with Gasteiger partial charge in [0.2, 0.25) is 5.89 Å². The molecule has 1 atom stereocenters. The summed E-state index contributed by atoms with van der Waals surface area (Å²) in [6.45, 7) is 9.65. The number of aromatic nitrogens is 2. The molecule has 7 heteroatoms. The van der Waals surface area contributed by atoms with Gasteiger partial charge in [0, 0.05) is 12.2 Å². The quantitative estimate of drug-likeness (QED) is 0.470. The van der Waals surface area contributed by atoms with Crippen LogP contribution in [0.3, 0.4) is 0 Å². The van der Waals surface area contributed by atoms with Crippen molar-refractivity contribution in [2.24, 2.45) is 0 Å². The van der Waals surface area contributed by atoms with E-state index in [1.54, 1.807) is 0 Å². The molecule has 0 spiro atoms. The molecule has 0 saturated heterocycles. The van der Waals surface area contributed by atoms with Crippen LogP contribution in [0.1, 0.15) is 55.0 Å². The number of carbonyl (C=O) groups excluding carboxylic acids is 1. The van der Waals surface area contributed by atoms with Crippen molar-refractivity contribution < 1.29 is 13.9 Å². The molecule has 6 nitrogen and oxygen atoms in total. The largest absolute Gasteiger partial charge is 0.444 e. The molecule has 0 unspecified atom stereocenters. The lowest BCUT2D eigenvalue weighted by Crippen LogP contribution is -2.36. The maximum absolute atomic E-state index is 12.4. The zero-order chi connectivity index (χ0) is 22.4. The molecule has 0 bridgehead atoms. The first-order valence-corrected chi connectivity index (χ1v) is 11.2. The first kappa shape index (κ1) is 22.9. The Labute approximate surface area is 187 Å². The third-order valence-electron chi connectivity index (χ3n) is 4.55. The Morgan fingerprint density at radius 2 is 1.87 bits per heavy atom. The number of amides is 1. The van der Waals surface area contributed by atoms with Gasteiger partial charge >= 0.3 is 6.09 Å². The minimum Gasteiger partial charge on any atom is -0.444 e. The fourth-order valence-electron chi connectivity index (χ4n) is 3.01. The van der Waals surface area contributed by atoms with Gasteiger partial charge < -0.3 is 14.5 Å². The van der Waals surface area contributed by atoms with Crippen molar-refractivity contribution in [1.29, 1.82) is 0 Å². The lowest BCUT2D eigenvalue weighted by atomic mass is 10.1. The number of alkyl carbamates (subject to hydrolysis) is 1. The smallest absolute Gasteiger partial charge is 0.408 e. The van der Waals surface area contributed by atoms with Crippen molar-refractivity contribution in [2.75, 3.05) is 0 Å². The molecule has 0 aliphatic heterocycles. The standard InChI is InChI=1S/C24H29N3O3S/c1-16-11-12-17(2)19(13-16)15-31-23-27-26-21(29-23)20(14-18-9-7-6-8-10-18)25-22(28)30-24(3,4)5/h6-13,20H,14-15H2,1-5H3,(H,25,28)/t20-/m0/s1. The summed E-state index contributed by atoms with van der Waals surface area (Å²) in [5.74, 6) is 1.09. The van der Waals surface area contributed by atoms with E-state index in [1.807, 2.05) is 51.1 Å². The van der Waals surface area contributed by atoms with Crippen LogP contribution in [-0.4, -0.2) is 21.9 Å². The molecule has 1 aromatic heterocycles. The van der Waals surface area contributed by atoms with Gasteiger partial charge in [0.25, 0.3) is 5.22 Å². The second-order valence-electron chi connectivity index (χ2n) is 8.51. The maximum atomic E-state index is 12.4. The Morgan fingerprint density at radius 3 is 2.58 bits per heavy atom. The van der Waals surface area contributed by atoms with Crippen LogP contribution in [0.5, 0.6) is 0 Å². The Bertz CT molecular complexity index is 1010. The summed E-state index contributed by atoms with van der Waals surface area (Å²) in [6.07, 6.45) is -0.000156. The highest BCUT2D eigenvalue weighted by Crippen LogP contribution is 2.27. The van der Waals surface area contributed by atoms with E-state index in [0.717, 1.165) is 11.3 Å².